The van der Waals surface area contributed by atoms with Gasteiger partial charge in [0.1, 0.15) is 5.75 Å². The molecule has 2 amide bonds. The fraction of sp³-hybridized carbons (Fsp3) is 0.383. The molecule has 0 bridgehead atoms. The molecular formula is C47H59N3O6. The fourth-order valence-corrected chi connectivity index (χ4v) is 6.34. The van der Waals surface area contributed by atoms with Gasteiger partial charge in [0.2, 0.25) is 0 Å². The first-order chi connectivity index (χ1) is 27.1. The Morgan fingerprint density at radius 1 is 0.625 bits per heavy atom. The van der Waals surface area contributed by atoms with E-state index in [1.807, 2.05) is 0 Å². The summed E-state index contributed by atoms with van der Waals surface area (Å²) in [5.74, 6) is 4.17. The van der Waals surface area contributed by atoms with Crippen LogP contribution in [0.3, 0.4) is 0 Å². The van der Waals surface area contributed by atoms with Gasteiger partial charge in [-0.25, -0.2) is 4.79 Å². The van der Waals surface area contributed by atoms with Crippen LogP contribution in [0.5, 0.6) is 11.5 Å². The summed E-state index contributed by atoms with van der Waals surface area (Å²) in [6.07, 6.45) is 11.1. The highest BCUT2D eigenvalue weighted by molar-refractivity contribution is 6.09. The SMILES string of the molecule is CCCC[N+](CCCC)(CCCC)CCCC.COC(=O)c1ccccc1C#Cc1c(NC(=O)c2ccccc2)cccc1NC(=O)c1cc(OC)ccc1[O-]. The molecule has 0 atom stereocenters. The van der Waals surface area contributed by atoms with E-state index in [0.717, 1.165) is 0 Å². The van der Waals surface area contributed by atoms with Crippen molar-refractivity contribution in [3.63, 3.8) is 0 Å². The van der Waals surface area contributed by atoms with Crippen molar-refractivity contribution in [2.24, 2.45) is 0 Å². The predicted octanol–water partition coefficient (Wildman–Crippen LogP) is 9.46. The monoisotopic (exact) mass is 761 g/mol. The molecule has 0 fully saturated rings. The molecule has 2 N–H and O–H groups in total. The van der Waals surface area contributed by atoms with E-state index in [1.165, 1.54) is 114 Å². The third kappa shape index (κ3) is 13.6. The molecule has 0 saturated carbocycles. The summed E-state index contributed by atoms with van der Waals surface area (Å²) in [5, 5.41) is 17.9. The summed E-state index contributed by atoms with van der Waals surface area (Å²) in [4.78, 5) is 38.3. The van der Waals surface area contributed by atoms with Gasteiger partial charge >= 0.3 is 5.97 Å². The van der Waals surface area contributed by atoms with Crippen LogP contribution in [0.2, 0.25) is 0 Å². The Labute approximate surface area is 334 Å². The summed E-state index contributed by atoms with van der Waals surface area (Å²) < 4.78 is 11.4. The molecule has 0 spiro atoms. The van der Waals surface area contributed by atoms with Gasteiger partial charge in [-0.15, -0.1) is 0 Å². The van der Waals surface area contributed by atoms with E-state index in [2.05, 4.69) is 50.2 Å². The van der Waals surface area contributed by atoms with Crippen LogP contribution in [0.4, 0.5) is 11.4 Å². The zero-order valence-electron chi connectivity index (χ0n) is 34.0. The van der Waals surface area contributed by atoms with E-state index in [9.17, 15) is 19.5 Å². The molecule has 0 heterocycles. The summed E-state index contributed by atoms with van der Waals surface area (Å²) in [6, 6.07) is 24.2. The molecule has 4 aromatic carbocycles. The largest absolute Gasteiger partial charge is 0.872 e. The number of unbranched alkanes of at least 4 members (excludes halogenated alkanes) is 4. The first kappa shape index (κ1) is 44.8. The van der Waals surface area contributed by atoms with Gasteiger partial charge in [-0.2, -0.15) is 0 Å². The molecule has 0 aromatic heterocycles. The molecule has 4 rings (SSSR count). The number of nitrogens with one attached hydrogen (secondary N) is 2. The smallest absolute Gasteiger partial charge is 0.339 e. The lowest BCUT2D eigenvalue weighted by atomic mass is 10.1. The summed E-state index contributed by atoms with van der Waals surface area (Å²) in [7, 11) is 2.71. The molecule has 9 nitrogen and oxygen atoms in total. The van der Waals surface area contributed by atoms with Gasteiger partial charge < -0.3 is 29.7 Å². The summed E-state index contributed by atoms with van der Waals surface area (Å²) in [6.45, 7) is 15.0. The van der Waals surface area contributed by atoms with Crippen molar-refractivity contribution >= 4 is 29.2 Å². The molecule has 0 unspecified atom stereocenters. The normalized spacial score (nSPS) is 10.6. The minimum Gasteiger partial charge on any atom is -0.872 e. The lowest BCUT2D eigenvalue weighted by Gasteiger charge is -2.39. The van der Waals surface area contributed by atoms with Gasteiger partial charge in [0.15, 0.2) is 0 Å². The third-order valence-electron chi connectivity index (χ3n) is 9.63. The Morgan fingerprint density at radius 2 is 1.16 bits per heavy atom. The summed E-state index contributed by atoms with van der Waals surface area (Å²) in [5.41, 5.74) is 1.79. The van der Waals surface area contributed by atoms with Gasteiger partial charge in [0, 0.05) is 16.7 Å². The van der Waals surface area contributed by atoms with Crippen molar-refractivity contribution < 1.29 is 33.4 Å². The fourth-order valence-electron chi connectivity index (χ4n) is 6.34. The lowest BCUT2D eigenvalue weighted by molar-refractivity contribution is -0.929. The quantitative estimate of drug-likeness (QED) is 0.0593. The van der Waals surface area contributed by atoms with E-state index >= 15 is 0 Å². The number of methoxy groups -OCH3 is 2. The highest BCUT2D eigenvalue weighted by Crippen LogP contribution is 2.27. The average Bonchev–Trinajstić information content (AvgIpc) is 3.23. The van der Waals surface area contributed by atoms with Crippen LogP contribution in [0.1, 0.15) is 121 Å². The van der Waals surface area contributed by atoms with Crippen molar-refractivity contribution in [2.75, 3.05) is 51.0 Å². The maximum Gasteiger partial charge on any atom is 0.339 e. The zero-order chi connectivity index (χ0) is 40.8. The molecule has 4 aromatic rings. The lowest BCUT2D eigenvalue weighted by Crippen LogP contribution is -2.50. The Bertz CT molecular complexity index is 1880. The van der Waals surface area contributed by atoms with E-state index in [4.69, 9.17) is 9.47 Å². The van der Waals surface area contributed by atoms with Crippen LogP contribution in [0.25, 0.3) is 0 Å². The van der Waals surface area contributed by atoms with Crippen LogP contribution < -0.4 is 20.5 Å². The van der Waals surface area contributed by atoms with Crippen LogP contribution >= 0.6 is 0 Å². The number of rotatable bonds is 18. The first-order valence-electron chi connectivity index (χ1n) is 19.9. The van der Waals surface area contributed by atoms with Crippen LogP contribution in [-0.2, 0) is 4.74 Å². The maximum absolute atomic E-state index is 13.1. The Morgan fingerprint density at radius 3 is 1.70 bits per heavy atom. The van der Waals surface area contributed by atoms with Gasteiger partial charge in [-0.1, -0.05) is 113 Å². The number of esters is 1. The van der Waals surface area contributed by atoms with Gasteiger partial charge in [0.25, 0.3) is 11.8 Å². The molecule has 0 aliphatic rings. The number of amides is 2. The number of quaternary nitrogens is 1. The van der Waals surface area contributed by atoms with E-state index in [0.29, 0.717) is 22.6 Å². The van der Waals surface area contributed by atoms with Crippen molar-refractivity contribution in [2.45, 2.75) is 79.1 Å². The predicted molar refractivity (Wildman–Crippen MR) is 224 cm³/mol. The van der Waals surface area contributed by atoms with Gasteiger partial charge in [-0.05, 0) is 74.2 Å². The Kier molecular flexibility index (Phi) is 19.2. The Hall–Kier alpha value is -5.59. The van der Waals surface area contributed by atoms with Crippen molar-refractivity contribution in [3.05, 3.63) is 119 Å². The molecule has 9 heteroatoms. The molecule has 298 valence electrons. The van der Waals surface area contributed by atoms with Crippen LogP contribution in [0.15, 0.2) is 91.0 Å². The highest BCUT2D eigenvalue weighted by atomic mass is 16.5. The number of carbonyl (C=O) groups excluding carboxylic acids is 3. The number of benzene rings is 4. The molecule has 0 saturated heterocycles. The van der Waals surface area contributed by atoms with E-state index < -0.39 is 17.6 Å². The first-order valence-corrected chi connectivity index (χ1v) is 19.9. The number of anilines is 2. The van der Waals surface area contributed by atoms with Crippen molar-refractivity contribution in [3.8, 4) is 23.3 Å². The van der Waals surface area contributed by atoms with Gasteiger partial charge in [-0.3, -0.25) is 9.59 Å². The number of hydrogen-bond acceptors (Lipinski definition) is 6. The number of nitrogens with zero attached hydrogens (tertiary/aromatic N) is 1. The standard InChI is InChI=1S/C31H24N2O6.C16H36N/c1-38-22-16-18-28(34)25(19-22)30(36)33-27-14-8-13-26(32-29(35)21-10-4-3-5-11-21)24(27)17-15-20-9-6-7-12-23(20)31(37)39-2;1-5-9-13-17(14-10-6-2,15-11-7-3)16-12-8-4/h3-14,16,18-19,34H,1-2H3,(H,32,35)(H,33,36);5-16H2,1-4H3/q;+1/p-1. The van der Waals surface area contributed by atoms with Crippen molar-refractivity contribution in [1.82, 2.24) is 0 Å². The number of carbonyl (C=O) groups is 3. The number of ether oxygens (including phenoxy) is 2. The average molecular weight is 762 g/mol. The maximum atomic E-state index is 13.1. The molecule has 0 radical (unpaired) electrons. The molecule has 56 heavy (non-hydrogen) atoms. The number of hydrogen-bond donors (Lipinski definition) is 2. The minimum absolute atomic E-state index is 0.122. The molecule has 0 aliphatic heterocycles. The summed E-state index contributed by atoms with van der Waals surface area (Å²) >= 11 is 0. The second-order valence-electron chi connectivity index (χ2n) is 13.8. The zero-order valence-corrected chi connectivity index (χ0v) is 34.0. The Balaban J connectivity index is 0.000000418. The van der Waals surface area contributed by atoms with E-state index in [-0.39, 0.29) is 28.3 Å². The van der Waals surface area contributed by atoms with Gasteiger partial charge in [0.05, 0.1) is 62.9 Å². The molecular weight excluding hydrogens is 703 g/mol. The van der Waals surface area contributed by atoms with Crippen LogP contribution in [-0.4, -0.2) is 62.7 Å². The second kappa shape index (κ2) is 24.0. The third-order valence-corrected chi connectivity index (χ3v) is 9.63. The highest BCUT2D eigenvalue weighted by Gasteiger charge is 2.25. The van der Waals surface area contributed by atoms with E-state index in [1.54, 1.807) is 72.8 Å². The van der Waals surface area contributed by atoms with Crippen LogP contribution in [0, 0.1) is 11.8 Å². The minimum atomic E-state index is -0.677. The topological polar surface area (TPSA) is 117 Å². The van der Waals surface area contributed by atoms with Crippen molar-refractivity contribution in [1.29, 1.82) is 0 Å². The molecule has 0 aliphatic carbocycles. The second-order valence-corrected chi connectivity index (χ2v) is 13.8.